The number of aliphatic hydroxyl groups excluding tert-OH is 1. The Kier molecular flexibility index (Phi) is 2.84. The van der Waals surface area contributed by atoms with Crippen molar-refractivity contribution in [3.8, 4) is 0 Å². The van der Waals surface area contributed by atoms with Gasteiger partial charge in [-0.15, -0.1) is 0 Å². The lowest BCUT2D eigenvalue weighted by Gasteiger charge is -2.10. The molecule has 0 radical (unpaired) electrons. The van der Waals surface area contributed by atoms with Crippen LogP contribution in [0.3, 0.4) is 0 Å². The van der Waals surface area contributed by atoms with Gasteiger partial charge in [-0.3, -0.25) is 0 Å². The van der Waals surface area contributed by atoms with Crippen LogP contribution in [0.5, 0.6) is 0 Å². The lowest BCUT2D eigenvalue weighted by molar-refractivity contribution is 0.220. The topological polar surface area (TPSA) is 33.4 Å². The van der Waals surface area contributed by atoms with Crippen LogP contribution < -0.4 is 0 Å². The number of hydrogen-bond donors (Lipinski definition) is 1. The van der Waals surface area contributed by atoms with Crippen molar-refractivity contribution in [3.05, 3.63) is 71.2 Å². The number of aryl methyl sites for hydroxylation is 1. The summed E-state index contributed by atoms with van der Waals surface area (Å²) in [6.07, 6.45) is 0.631. The maximum Gasteiger partial charge on any atom is 0.134 e. The Labute approximate surface area is 110 Å². The number of aliphatic hydroxyl groups is 1. The Morgan fingerprint density at radius 1 is 1.16 bits per heavy atom. The number of furan rings is 1. The summed E-state index contributed by atoms with van der Waals surface area (Å²) in [5, 5.41) is 11.2. The van der Waals surface area contributed by atoms with E-state index >= 15 is 0 Å². The number of rotatable bonds is 2. The van der Waals surface area contributed by atoms with Crippen molar-refractivity contribution in [2.45, 2.75) is 13.0 Å². The number of benzene rings is 2. The van der Waals surface area contributed by atoms with Crippen molar-refractivity contribution in [1.82, 2.24) is 0 Å². The average molecular weight is 256 g/mol. The quantitative estimate of drug-likeness (QED) is 0.752. The molecule has 3 heteroatoms. The van der Waals surface area contributed by atoms with Gasteiger partial charge in [0.1, 0.15) is 17.5 Å². The molecule has 0 aliphatic rings. The fourth-order valence-electron chi connectivity index (χ4n) is 2.17. The van der Waals surface area contributed by atoms with Crippen LogP contribution in [0.25, 0.3) is 11.0 Å². The molecule has 0 fully saturated rings. The minimum absolute atomic E-state index is 0.315. The van der Waals surface area contributed by atoms with Crippen LogP contribution in [0.1, 0.15) is 22.8 Å². The molecule has 0 saturated heterocycles. The first-order valence-electron chi connectivity index (χ1n) is 6.07. The van der Waals surface area contributed by atoms with Crippen molar-refractivity contribution in [2.75, 3.05) is 0 Å². The highest BCUT2D eigenvalue weighted by Gasteiger charge is 2.17. The molecule has 0 aliphatic carbocycles. The minimum atomic E-state index is -0.890. The molecule has 96 valence electrons. The highest BCUT2D eigenvalue weighted by Crippen LogP contribution is 2.30. The van der Waals surface area contributed by atoms with Gasteiger partial charge in [-0.25, -0.2) is 4.39 Å². The van der Waals surface area contributed by atoms with Crippen LogP contribution in [0.2, 0.25) is 0 Å². The normalized spacial score (nSPS) is 12.8. The third-order valence-electron chi connectivity index (χ3n) is 3.32. The summed E-state index contributed by atoms with van der Waals surface area (Å²) in [5.74, 6) is -0.315. The fraction of sp³-hybridized carbons (Fsp3) is 0.125. The second-order valence-electron chi connectivity index (χ2n) is 4.60. The Bertz CT molecular complexity index is 730. The van der Waals surface area contributed by atoms with Crippen molar-refractivity contribution in [2.24, 2.45) is 0 Å². The summed E-state index contributed by atoms with van der Waals surface area (Å²) in [7, 11) is 0. The Hall–Kier alpha value is -2.13. The monoisotopic (exact) mass is 256 g/mol. The van der Waals surface area contributed by atoms with Gasteiger partial charge in [-0.1, -0.05) is 30.3 Å². The van der Waals surface area contributed by atoms with E-state index in [4.69, 9.17) is 4.42 Å². The van der Waals surface area contributed by atoms with Crippen LogP contribution >= 0.6 is 0 Å². The molecule has 3 rings (SSSR count). The van der Waals surface area contributed by atoms with Crippen LogP contribution in [0.15, 0.2) is 53.1 Å². The van der Waals surface area contributed by atoms with E-state index in [1.165, 1.54) is 12.3 Å². The summed E-state index contributed by atoms with van der Waals surface area (Å²) in [6.45, 7) is 1.69. The molecule has 0 bridgehead atoms. The molecule has 1 aromatic heterocycles. The fourth-order valence-corrected chi connectivity index (χ4v) is 2.17. The molecule has 0 aliphatic heterocycles. The maximum atomic E-state index is 13.6. The molecule has 1 unspecified atom stereocenters. The molecular weight excluding hydrogens is 243 g/mol. The molecule has 3 aromatic rings. The molecule has 1 N–H and O–H groups in total. The average Bonchev–Trinajstić information content (AvgIpc) is 2.85. The molecule has 1 atom stereocenters. The van der Waals surface area contributed by atoms with E-state index in [0.29, 0.717) is 22.3 Å². The largest absolute Gasteiger partial charge is 0.464 e. The lowest BCUT2D eigenvalue weighted by atomic mass is 10.00. The van der Waals surface area contributed by atoms with Crippen LogP contribution in [-0.2, 0) is 0 Å². The first kappa shape index (κ1) is 11.9. The highest BCUT2D eigenvalue weighted by molar-refractivity contribution is 5.81. The van der Waals surface area contributed by atoms with Crippen molar-refractivity contribution < 1.29 is 13.9 Å². The van der Waals surface area contributed by atoms with E-state index < -0.39 is 6.10 Å². The van der Waals surface area contributed by atoms with E-state index in [1.54, 1.807) is 19.1 Å². The number of halogens is 1. The number of para-hydroxylation sites is 1. The molecule has 0 amide bonds. The van der Waals surface area contributed by atoms with Gasteiger partial charge in [-0.2, -0.15) is 0 Å². The van der Waals surface area contributed by atoms with E-state index in [9.17, 15) is 9.50 Å². The third-order valence-corrected chi connectivity index (χ3v) is 3.32. The van der Waals surface area contributed by atoms with Crippen molar-refractivity contribution in [3.63, 3.8) is 0 Å². The van der Waals surface area contributed by atoms with Gasteiger partial charge in [0.05, 0.1) is 6.26 Å². The summed E-state index contributed by atoms with van der Waals surface area (Å²) in [4.78, 5) is 0. The van der Waals surface area contributed by atoms with E-state index in [1.807, 2.05) is 24.3 Å². The predicted molar refractivity (Wildman–Crippen MR) is 71.4 cm³/mol. The van der Waals surface area contributed by atoms with Crippen LogP contribution in [-0.4, -0.2) is 5.11 Å². The van der Waals surface area contributed by atoms with Gasteiger partial charge in [0.25, 0.3) is 0 Å². The standard InChI is InChI=1S/C16H13FO2/c1-10-6-7-11(8-14(10)17)16(18)13-9-19-15-5-3-2-4-12(13)15/h2-9,16,18H,1H3. The van der Waals surface area contributed by atoms with Crippen LogP contribution in [0, 0.1) is 12.7 Å². The van der Waals surface area contributed by atoms with Gasteiger partial charge >= 0.3 is 0 Å². The second-order valence-corrected chi connectivity index (χ2v) is 4.60. The van der Waals surface area contributed by atoms with Gasteiger partial charge in [-0.05, 0) is 30.2 Å². The predicted octanol–water partition coefficient (Wildman–Crippen LogP) is 3.96. The first-order valence-corrected chi connectivity index (χ1v) is 6.07. The summed E-state index contributed by atoms with van der Waals surface area (Å²) in [6, 6.07) is 12.2. The Balaban J connectivity index is 2.08. The summed E-state index contributed by atoms with van der Waals surface area (Å²) >= 11 is 0. The van der Waals surface area contributed by atoms with E-state index in [-0.39, 0.29) is 5.82 Å². The van der Waals surface area contributed by atoms with E-state index in [0.717, 1.165) is 5.39 Å². The zero-order chi connectivity index (χ0) is 13.4. The van der Waals surface area contributed by atoms with Gasteiger partial charge in [0.2, 0.25) is 0 Å². The third kappa shape index (κ3) is 2.02. The molecular formula is C16H13FO2. The van der Waals surface area contributed by atoms with Crippen molar-refractivity contribution >= 4 is 11.0 Å². The van der Waals surface area contributed by atoms with Gasteiger partial charge in [0.15, 0.2) is 0 Å². The lowest BCUT2D eigenvalue weighted by Crippen LogP contribution is -2.00. The zero-order valence-electron chi connectivity index (χ0n) is 10.4. The smallest absolute Gasteiger partial charge is 0.134 e. The molecule has 0 saturated carbocycles. The summed E-state index contributed by atoms with van der Waals surface area (Å²) in [5.41, 5.74) is 2.45. The Morgan fingerprint density at radius 3 is 2.74 bits per heavy atom. The Morgan fingerprint density at radius 2 is 1.95 bits per heavy atom. The minimum Gasteiger partial charge on any atom is -0.464 e. The molecule has 2 nitrogen and oxygen atoms in total. The SMILES string of the molecule is Cc1ccc(C(O)c2coc3ccccc23)cc1F. The number of hydrogen-bond acceptors (Lipinski definition) is 2. The summed E-state index contributed by atoms with van der Waals surface area (Å²) < 4.78 is 19.0. The molecule has 19 heavy (non-hydrogen) atoms. The molecule has 1 heterocycles. The molecule has 2 aromatic carbocycles. The highest BCUT2D eigenvalue weighted by atomic mass is 19.1. The maximum absolute atomic E-state index is 13.6. The number of fused-ring (bicyclic) bond motifs is 1. The van der Waals surface area contributed by atoms with E-state index in [2.05, 4.69) is 0 Å². The zero-order valence-corrected chi connectivity index (χ0v) is 10.4. The van der Waals surface area contributed by atoms with Gasteiger partial charge < -0.3 is 9.52 Å². The van der Waals surface area contributed by atoms with Gasteiger partial charge in [0, 0.05) is 10.9 Å². The van der Waals surface area contributed by atoms with Crippen LogP contribution in [0.4, 0.5) is 4.39 Å². The second kappa shape index (κ2) is 4.52. The van der Waals surface area contributed by atoms with Crippen molar-refractivity contribution in [1.29, 1.82) is 0 Å². The first-order chi connectivity index (χ1) is 9.16. The molecule has 0 spiro atoms.